The molecule has 0 saturated heterocycles. The van der Waals surface area contributed by atoms with Gasteiger partial charge in [0, 0.05) is 24.3 Å². The van der Waals surface area contributed by atoms with E-state index in [0.717, 1.165) is 24.6 Å². The highest BCUT2D eigenvalue weighted by Crippen LogP contribution is 2.16. The molecule has 2 aromatic rings. The molecule has 0 fully saturated rings. The Kier molecular flexibility index (Phi) is 5.28. The number of halogens is 2. The van der Waals surface area contributed by atoms with E-state index >= 15 is 0 Å². The zero-order valence-electron chi connectivity index (χ0n) is 12.2. The summed E-state index contributed by atoms with van der Waals surface area (Å²) in [6.07, 6.45) is 0.944. The molecule has 2 N–H and O–H groups in total. The lowest BCUT2D eigenvalue weighted by atomic mass is 10.1. The van der Waals surface area contributed by atoms with Crippen LogP contribution in [0, 0.1) is 11.6 Å². The van der Waals surface area contributed by atoms with Crippen molar-refractivity contribution >= 4 is 5.69 Å². The third-order valence-corrected chi connectivity index (χ3v) is 3.32. The van der Waals surface area contributed by atoms with E-state index in [1.165, 1.54) is 0 Å². The Morgan fingerprint density at radius 2 is 1.81 bits per heavy atom. The molecule has 4 heteroatoms. The van der Waals surface area contributed by atoms with E-state index in [-0.39, 0.29) is 0 Å². The maximum absolute atomic E-state index is 13.8. The van der Waals surface area contributed by atoms with Crippen molar-refractivity contribution in [2.45, 2.75) is 26.4 Å². The van der Waals surface area contributed by atoms with Crippen molar-refractivity contribution in [2.24, 2.45) is 0 Å². The van der Waals surface area contributed by atoms with Crippen LogP contribution in [0.3, 0.4) is 0 Å². The molecule has 0 aromatic heterocycles. The van der Waals surface area contributed by atoms with Crippen LogP contribution >= 0.6 is 0 Å². The zero-order valence-corrected chi connectivity index (χ0v) is 12.2. The van der Waals surface area contributed by atoms with Crippen molar-refractivity contribution in [2.75, 3.05) is 12.3 Å². The minimum absolute atomic E-state index is 0.381. The Bertz CT molecular complexity index is 599. The SMILES string of the molecule is CCCN(Cc1cccc(N)c1)Cc1cccc(F)c1F. The number of rotatable bonds is 6. The van der Waals surface area contributed by atoms with Gasteiger partial charge in [-0.3, -0.25) is 4.90 Å². The summed E-state index contributed by atoms with van der Waals surface area (Å²) in [5, 5.41) is 0. The van der Waals surface area contributed by atoms with Gasteiger partial charge >= 0.3 is 0 Å². The first-order valence-corrected chi connectivity index (χ1v) is 7.09. The summed E-state index contributed by atoms with van der Waals surface area (Å²) in [4.78, 5) is 2.09. The second-order valence-electron chi connectivity index (χ2n) is 5.17. The van der Waals surface area contributed by atoms with Crippen LogP contribution in [0.4, 0.5) is 14.5 Å². The minimum Gasteiger partial charge on any atom is -0.399 e. The molecule has 21 heavy (non-hydrogen) atoms. The number of benzene rings is 2. The Morgan fingerprint density at radius 1 is 1.05 bits per heavy atom. The summed E-state index contributed by atoms with van der Waals surface area (Å²) in [6, 6.07) is 11.9. The van der Waals surface area contributed by atoms with Crippen molar-refractivity contribution in [3.63, 3.8) is 0 Å². The van der Waals surface area contributed by atoms with E-state index in [4.69, 9.17) is 5.73 Å². The van der Waals surface area contributed by atoms with Gasteiger partial charge in [0.05, 0.1) is 0 Å². The molecule has 0 saturated carbocycles. The van der Waals surface area contributed by atoms with E-state index < -0.39 is 11.6 Å². The topological polar surface area (TPSA) is 29.3 Å². The van der Waals surface area contributed by atoms with Gasteiger partial charge < -0.3 is 5.73 Å². The average Bonchev–Trinajstić information content (AvgIpc) is 2.44. The van der Waals surface area contributed by atoms with E-state index in [1.807, 2.05) is 24.3 Å². The van der Waals surface area contributed by atoms with Crippen molar-refractivity contribution in [3.8, 4) is 0 Å². The highest BCUT2D eigenvalue weighted by Gasteiger charge is 2.12. The molecule has 2 aromatic carbocycles. The second kappa shape index (κ2) is 7.18. The molecule has 0 atom stereocenters. The van der Waals surface area contributed by atoms with Gasteiger partial charge in [0.2, 0.25) is 0 Å². The molecule has 112 valence electrons. The Balaban J connectivity index is 2.13. The predicted molar refractivity (Wildman–Crippen MR) is 81.6 cm³/mol. The summed E-state index contributed by atoms with van der Waals surface area (Å²) in [5.74, 6) is -1.56. The molecule has 0 radical (unpaired) electrons. The van der Waals surface area contributed by atoms with Crippen LogP contribution in [0.15, 0.2) is 42.5 Å². The average molecular weight is 290 g/mol. The van der Waals surface area contributed by atoms with Gasteiger partial charge in [-0.05, 0) is 36.7 Å². The van der Waals surface area contributed by atoms with E-state index in [1.54, 1.807) is 12.1 Å². The van der Waals surface area contributed by atoms with E-state index in [9.17, 15) is 8.78 Å². The van der Waals surface area contributed by atoms with Crippen molar-refractivity contribution in [1.29, 1.82) is 0 Å². The summed E-state index contributed by atoms with van der Waals surface area (Å²) < 4.78 is 27.1. The minimum atomic E-state index is -0.798. The monoisotopic (exact) mass is 290 g/mol. The maximum atomic E-state index is 13.8. The van der Waals surface area contributed by atoms with Crippen molar-refractivity contribution in [1.82, 2.24) is 4.90 Å². The van der Waals surface area contributed by atoms with Crippen molar-refractivity contribution < 1.29 is 8.78 Å². The fourth-order valence-corrected chi connectivity index (χ4v) is 2.39. The zero-order chi connectivity index (χ0) is 15.2. The Labute approximate surface area is 124 Å². The van der Waals surface area contributed by atoms with Gasteiger partial charge in [0.25, 0.3) is 0 Å². The lowest BCUT2D eigenvalue weighted by Crippen LogP contribution is -2.24. The largest absolute Gasteiger partial charge is 0.399 e. The molecular formula is C17H20F2N2. The maximum Gasteiger partial charge on any atom is 0.163 e. The molecule has 0 aliphatic rings. The highest BCUT2D eigenvalue weighted by atomic mass is 19.2. The molecule has 2 rings (SSSR count). The molecule has 0 unspecified atom stereocenters. The second-order valence-corrected chi connectivity index (χ2v) is 5.17. The summed E-state index contributed by atoms with van der Waals surface area (Å²) in [5.41, 5.74) is 7.94. The first-order valence-electron chi connectivity index (χ1n) is 7.09. The highest BCUT2D eigenvalue weighted by molar-refractivity contribution is 5.40. The molecular weight excluding hydrogens is 270 g/mol. The number of nitrogen functional groups attached to an aromatic ring is 1. The molecule has 2 nitrogen and oxygen atoms in total. The number of nitrogens with zero attached hydrogens (tertiary/aromatic N) is 1. The lowest BCUT2D eigenvalue weighted by molar-refractivity contribution is 0.252. The number of anilines is 1. The van der Waals surface area contributed by atoms with Crippen LogP contribution in [-0.2, 0) is 13.1 Å². The molecule has 0 spiro atoms. The number of hydrogen-bond acceptors (Lipinski definition) is 2. The molecule has 0 aliphatic heterocycles. The van der Waals surface area contributed by atoms with E-state index in [2.05, 4.69) is 11.8 Å². The third-order valence-electron chi connectivity index (χ3n) is 3.32. The predicted octanol–water partition coefficient (Wildman–Crippen LogP) is 3.96. The van der Waals surface area contributed by atoms with Crippen LogP contribution < -0.4 is 5.73 Å². The van der Waals surface area contributed by atoms with Gasteiger partial charge in [0.15, 0.2) is 11.6 Å². The van der Waals surface area contributed by atoms with Gasteiger partial charge in [-0.1, -0.05) is 31.2 Å². The van der Waals surface area contributed by atoms with Crippen LogP contribution in [-0.4, -0.2) is 11.4 Å². The molecule has 0 aliphatic carbocycles. The summed E-state index contributed by atoms with van der Waals surface area (Å²) >= 11 is 0. The van der Waals surface area contributed by atoms with Gasteiger partial charge in [-0.25, -0.2) is 8.78 Å². The van der Waals surface area contributed by atoms with Crippen molar-refractivity contribution in [3.05, 3.63) is 65.2 Å². The quantitative estimate of drug-likeness (QED) is 0.816. The van der Waals surface area contributed by atoms with Crippen LogP contribution in [0.25, 0.3) is 0 Å². The Hall–Kier alpha value is -1.94. The van der Waals surface area contributed by atoms with Crippen LogP contribution in [0.5, 0.6) is 0 Å². The summed E-state index contributed by atoms with van der Waals surface area (Å²) in [7, 11) is 0. The summed E-state index contributed by atoms with van der Waals surface area (Å²) in [6.45, 7) is 3.92. The lowest BCUT2D eigenvalue weighted by Gasteiger charge is -2.22. The fraction of sp³-hybridized carbons (Fsp3) is 0.294. The third kappa shape index (κ3) is 4.26. The van der Waals surface area contributed by atoms with Crippen LogP contribution in [0.2, 0.25) is 0 Å². The number of nitrogens with two attached hydrogens (primary N) is 1. The first kappa shape index (κ1) is 15.4. The Morgan fingerprint density at radius 3 is 2.52 bits per heavy atom. The number of hydrogen-bond donors (Lipinski definition) is 1. The molecule has 0 amide bonds. The first-order chi connectivity index (χ1) is 10.1. The smallest absolute Gasteiger partial charge is 0.163 e. The molecule has 0 bridgehead atoms. The van der Waals surface area contributed by atoms with Gasteiger partial charge in [-0.2, -0.15) is 0 Å². The van der Waals surface area contributed by atoms with Crippen LogP contribution in [0.1, 0.15) is 24.5 Å². The fourth-order valence-electron chi connectivity index (χ4n) is 2.39. The van der Waals surface area contributed by atoms with E-state index in [0.29, 0.717) is 24.3 Å². The van der Waals surface area contributed by atoms with Gasteiger partial charge in [-0.15, -0.1) is 0 Å². The molecule has 0 heterocycles. The standard InChI is InChI=1S/C17H20F2N2/c1-2-9-21(11-13-5-3-7-15(20)10-13)12-14-6-4-8-16(18)17(14)19/h3-8,10H,2,9,11-12,20H2,1H3. The van der Waals surface area contributed by atoms with Gasteiger partial charge in [0.1, 0.15) is 0 Å². The normalized spacial score (nSPS) is 11.0.